The average Bonchev–Trinajstić information content (AvgIpc) is 3.04. The second kappa shape index (κ2) is 8.25. The molecule has 0 saturated carbocycles. The lowest BCUT2D eigenvalue weighted by atomic mass is 10.2. The van der Waals surface area contributed by atoms with Crippen LogP contribution in [0.2, 0.25) is 10.0 Å². The molecule has 0 spiro atoms. The second-order valence-corrected chi connectivity index (χ2v) is 6.98. The highest BCUT2D eigenvalue weighted by Gasteiger charge is 2.07. The normalized spacial score (nSPS) is 11.0. The Hall–Kier alpha value is -2.21. The summed E-state index contributed by atoms with van der Waals surface area (Å²) in [6.45, 7) is 0. The Morgan fingerprint density at radius 2 is 1.88 bits per heavy atom. The molecule has 1 heterocycles. The van der Waals surface area contributed by atoms with Crippen LogP contribution < -0.4 is 5.32 Å². The molecule has 3 aromatic rings. The molecule has 0 bridgehead atoms. The Balaban J connectivity index is 1.62. The van der Waals surface area contributed by atoms with Gasteiger partial charge in [0.15, 0.2) is 0 Å². The Bertz CT molecular complexity index is 910. The summed E-state index contributed by atoms with van der Waals surface area (Å²) >= 11 is 13.4. The Morgan fingerprint density at radius 1 is 1.08 bits per heavy atom. The van der Waals surface area contributed by atoms with E-state index in [4.69, 9.17) is 23.2 Å². The van der Waals surface area contributed by atoms with Gasteiger partial charge in [-0.05, 0) is 23.3 Å². The van der Waals surface area contributed by atoms with Gasteiger partial charge in [0.1, 0.15) is 5.01 Å². The second-order valence-electron chi connectivity index (χ2n) is 5.13. The first-order valence-electron chi connectivity index (χ1n) is 7.41. The number of hydrogen-bond acceptors (Lipinski definition) is 4. The van der Waals surface area contributed by atoms with E-state index in [0.29, 0.717) is 27.2 Å². The quantitative estimate of drug-likeness (QED) is 0.618. The van der Waals surface area contributed by atoms with Gasteiger partial charge in [-0.1, -0.05) is 77.0 Å². The molecule has 0 aliphatic carbocycles. The standard InChI is InChI=1S/C18H13Cl2N3OS/c19-14-8-4-7-13(17(14)20)9-10-15(24)21-18-23-22-16(25-18)11-12-5-2-1-3-6-12/h1-10H,11H2,(H,21,23,24)/b10-9+. The molecule has 0 aliphatic heterocycles. The summed E-state index contributed by atoms with van der Waals surface area (Å²) in [4.78, 5) is 12.0. The van der Waals surface area contributed by atoms with Gasteiger partial charge in [0.25, 0.3) is 0 Å². The van der Waals surface area contributed by atoms with E-state index in [1.54, 1.807) is 24.3 Å². The Morgan fingerprint density at radius 3 is 2.68 bits per heavy atom. The largest absolute Gasteiger partial charge is 0.297 e. The van der Waals surface area contributed by atoms with Crippen molar-refractivity contribution < 1.29 is 4.79 Å². The monoisotopic (exact) mass is 389 g/mol. The molecule has 4 nitrogen and oxygen atoms in total. The maximum atomic E-state index is 12.0. The molecule has 1 aromatic heterocycles. The topological polar surface area (TPSA) is 54.9 Å². The van der Waals surface area contributed by atoms with Crippen LogP contribution in [0.4, 0.5) is 5.13 Å². The van der Waals surface area contributed by atoms with Gasteiger partial charge in [0.2, 0.25) is 11.0 Å². The number of halogens is 2. The van der Waals surface area contributed by atoms with Gasteiger partial charge >= 0.3 is 0 Å². The number of benzene rings is 2. The van der Waals surface area contributed by atoms with E-state index in [0.717, 1.165) is 10.6 Å². The van der Waals surface area contributed by atoms with Crippen LogP contribution in [0.5, 0.6) is 0 Å². The summed E-state index contributed by atoms with van der Waals surface area (Å²) in [5.74, 6) is -0.307. The number of carbonyl (C=O) groups is 1. The van der Waals surface area contributed by atoms with E-state index in [1.165, 1.54) is 17.4 Å². The fourth-order valence-electron chi connectivity index (χ4n) is 2.11. The highest BCUT2D eigenvalue weighted by molar-refractivity contribution is 7.15. The number of hydrogen-bond donors (Lipinski definition) is 1. The zero-order valence-electron chi connectivity index (χ0n) is 12.9. The predicted molar refractivity (Wildman–Crippen MR) is 103 cm³/mol. The molecule has 0 fully saturated rings. The lowest BCUT2D eigenvalue weighted by molar-refractivity contribution is -0.111. The van der Waals surface area contributed by atoms with Crippen LogP contribution in [0.1, 0.15) is 16.1 Å². The first-order chi connectivity index (χ1) is 12.1. The summed E-state index contributed by atoms with van der Waals surface area (Å²) in [5, 5.41) is 12.9. The summed E-state index contributed by atoms with van der Waals surface area (Å²) in [6.07, 6.45) is 3.67. The van der Waals surface area contributed by atoms with Crippen molar-refractivity contribution in [1.82, 2.24) is 10.2 Å². The lowest BCUT2D eigenvalue weighted by Crippen LogP contribution is -2.07. The van der Waals surface area contributed by atoms with Crippen molar-refractivity contribution in [2.75, 3.05) is 5.32 Å². The van der Waals surface area contributed by atoms with Crippen molar-refractivity contribution in [2.45, 2.75) is 6.42 Å². The molecular formula is C18H13Cl2N3OS. The van der Waals surface area contributed by atoms with Crippen molar-refractivity contribution in [1.29, 1.82) is 0 Å². The molecule has 3 rings (SSSR count). The molecular weight excluding hydrogens is 377 g/mol. The molecule has 2 aromatic carbocycles. The van der Waals surface area contributed by atoms with Gasteiger partial charge in [0.05, 0.1) is 10.0 Å². The van der Waals surface area contributed by atoms with E-state index in [9.17, 15) is 4.79 Å². The highest BCUT2D eigenvalue weighted by Crippen LogP contribution is 2.26. The summed E-state index contributed by atoms with van der Waals surface area (Å²) < 4.78 is 0. The van der Waals surface area contributed by atoms with E-state index in [1.807, 2.05) is 30.3 Å². The maximum absolute atomic E-state index is 12.0. The molecule has 0 aliphatic rings. The lowest BCUT2D eigenvalue weighted by Gasteiger charge is -2.00. The van der Waals surface area contributed by atoms with E-state index < -0.39 is 0 Å². The van der Waals surface area contributed by atoms with Gasteiger partial charge in [-0.25, -0.2) is 0 Å². The molecule has 25 heavy (non-hydrogen) atoms. The maximum Gasteiger partial charge on any atom is 0.250 e. The third-order valence-corrected chi connectivity index (χ3v) is 4.96. The Labute approximate surface area is 159 Å². The van der Waals surface area contributed by atoms with Crippen LogP contribution in [0.15, 0.2) is 54.6 Å². The molecule has 126 valence electrons. The summed E-state index contributed by atoms with van der Waals surface area (Å²) in [6, 6.07) is 15.2. The van der Waals surface area contributed by atoms with Crippen molar-refractivity contribution in [2.24, 2.45) is 0 Å². The van der Waals surface area contributed by atoms with Crippen molar-refractivity contribution >= 4 is 51.7 Å². The van der Waals surface area contributed by atoms with Crippen LogP contribution >= 0.6 is 34.5 Å². The van der Waals surface area contributed by atoms with E-state index >= 15 is 0 Å². The molecule has 0 saturated heterocycles. The van der Waals surface area contributed by atoms with Gasteiger partial charge in [-0.2, -0.15) is 0 Å². The molecule has 0 radical (unpaired) electrons. The SMILES string of the molecule is O=C(/C=C/c1cccc(Cl)c1Cl)Nc1nnc(Cc2ccccc2)s1. The number of amides is 1. The van der Waals surface area contributed by atoms with E-state index in [2.05, 4.69) is 15.5 Å². The highest BCUT2D eigenvalue weighted by atomic mass is 35.5. The zero-order chi connectivity index (χ0) is 17.6. The number of rotatable bonds is 5. The third kappa shape index (κ3) is 4.89. The molecule has 1 N–H and O–H groups in total. The van der Waals surface area contributed by atoms with Crippen molar-refractivity contribution in [3.05, 3.63) is 80.8 Å². The molecule has 0 unspecified atom stereocenters. The van der Waals surface area contributed by atoms with Crippen LogP contribution in [0.3, 0.4) is 0 Å². The van der Waals surface area contributed by atoms with Gasteiger partial charge in [-0.3, -0.25) is 10.1 Å². The number of carbonyl (C=O) groups excluding carboxylic acids is 1. The summed E-state index contributed by atoms with van der Waals surface area (Å²) in [7, 11) is 0. The van der Waals surface area contributed by atoms with Crippen molar-refractivity contribution in [3.63, 3.8) is 0 Å². The Kier molecular flexibility index (Phi) is 5.81. The van der Waals surface area contributed by atoms with Crippen LogP contribution in [-0.2, 0) is 11.2 Å². The number of nitrogens with zero attached hydrogens (tertiary/aromatic N) is 2. The van der Waals surface area contributed by atoms with E-state index in [-0.39, 0.29) is 5.91 Å². The van der Waals surface area contributed by atoms with Crippen LogP contribution in [0.25, 0.3) is 6.08 Å². The first-order valence-corrected chi connectivity index (χ1v) is 8.98. The van der Waals surface area contributed by atoms with Crippen LogP contribution in [0, 0.1) is 0 Å². The van der Waals surface area contributed by atoms with Crippen molar-refractivity contribution in [3.8, 4) is 0 Å². The number of anilines is 1. The van der Waals surface area contributed by atoms with Gasteiger partial charge < -0.3 is 0 Å². The first kappa shape index (κ1) is 17.6. The minimum atomic E-state index is -0.307. The minimum Gasteiger partial charge on any atom is -0.297 e. The van der Waals surface area contributed by atoms with Crippen LogP contribution in [-0.4, -0.2) is 16.1 Å². The van der Waals surface area contributed by atoms with Gasteiger partial charge in [0, 0.05) is 12.5 Å². The minimum absolute atomic E-state index is 0.307. The molecule has 0 atom stereocenters. The molecule has 7 heteroatoms. The smallest absolute Gasteiger partial charge is 0.250 e. The summed E-state index contributed by atoms with van der Waals surface area (Å²) in [5.41, 5.74) is 1.82. The average molecular weight is 390 g/mol. The third-order valence-electron chi connectivity index (χ3n) is 3.29. The zero-order valence-corrected chi connectivity index (χ0v) is 15.3. The fourth-order valence-corrected chi connectivity index (χ4v) is 3.26. The number of nitrogens with one attached hydrogen (secondary N) is 1. The predicted octanol–water partition coefficient (Wildman–Crippen LogP) is 5.09. The van der Waals surface area contributed by atoms with Gasteiger partial charge in [-0.15, -0.1) is 10.2 Å². The fraction of sp³-hybridized carbons (Fsp3) is 0.0556. The number of aromatic nitrogens is 2. The molecule has 1 amide bonds.